The summed E-state index contributed by atoms with van der Waals surface area (Å²) < 4.78 is 6.00. The predicted octanol–water partition coefficient (Wildman–Crippen LogP) is 3.27. The minimum Gasteiger partial charge on any atom is -0.493 e. The molecule has 1 aliphatic heterocycles. The van der Waals surface area contributed by atoms with E-state index in [-0.39, 0.29) is 6.04 Å². The van der Waals surface area contributed by atoms with Crippen LogP contribution in [-0.2, 0) is 0 Å². The van der Waals surface area contributed by atoms with Gasteiger partial charge < -0.3 is 15.4 Å². The first-order valence-corrected chi connectivity index (χ1v) is 7.77. The lowest BCUT2D eigenvalue weighted by Gasteiger charge is -2.32. The van der Waals surface area contributed by atoms with Crippen LogP contribution in [0, 0.1) is 6.92 Å². The van der Waals surface area contributed by atoms with E-state index in [1.54, 1.807) is 0 Å². The first-order valence-electron chi connectivity index (χ1n) is 7.77. The van der Waals surface area contributed by atoms with Crippen molar-refractivity contribution in [2.75, 3.05) is 20.2 Å². The molecule has 3 heteroatoms. The lowest BCUT2D eigenvalue weighted by molar-refractivity contribution is 0.152. The SMILES string of the molecule is Cc1ccc(OCCC2CCCCN2C)c(C(C)N)c1. The lowest BCUT2D eigenvalue weighted by Crippen LogP contribution is -2.37. The molecule has 1 fully saturated rings. The van der Waals surface area contributed by atoms with Crippen molar-refractivity contribution in [1.29, 1.82) is 0 Å². The van der Waals surface area contributed by atoms with Crippen LogP contribution in [0.15, 0.2) is 18.2 Å². The molecule has 2 atom stereocenters. The summed E-state index contributed by atoms with van der Waals surface area (Å²) in [6, 6.07) is 6.97. The largest absolute Gasteiger partial charge is 0.493 e. The van der Waals surface area contributed by atoms with Gasteiger partial charge in [-0.05, 0) is 52.8 Å². The Morgan fingerprint density at radius 2 is 2.20 bits per heavy atom. The second-order valence-corrected chi connectivity index (χ2v) is 6.10. The summed E-state index contributed by atoms with van der Waals surface area (Å²) in [4.78, 5) is 2.47. The molecule has 2 rings (SSSR count). The molecule has 0 saturated carbocycles. The molecule has 0 aliphatic carbocycles. The first kappa shape index (κ1) is 15.3. The Bertz CT molecular complexity index is 431. The van der Waals surface area contributed by atoms with E-state index in [1.807, 2.05) is 6.92 Å². The monoisotopic (exact) mass is 276 g/mol. The van der Waals surface area contributed by atoms with Crippen LogP contribution >= 0.6 is 0 Å². The van der Waals surface area contributed by atoms with Crippen molar-refractivity contribution < 1.29 is 4.74 Å². The molecule has 0 spiro atoms. The summed E-state index contributed by atoms with van der Waals surface area (Å²) >= 11 is 0. The molecule has 1 aromatic carbocycles. The fourth-order valence-electron chi connectivity index (χ4n) is 2.97. The molecule has 2 unspecified atom stereocenters. The zero-order valence-electron chi connectivity index (χ0n) is 13.1. The minimum absolute atomic E-state index is 0.0160. The van der Waals surface area contributed by atoms with Crippen molar-refractivity contribution in [3.63, 3.8) is 0 Å². The zero-order chi connectivity index (χ0) is 14.5. The predicted molar refractivity (Wildman–Crippen MR) is 84.2 cm³/mol. The van der Waals surface area contributed by atoms with E-state index < -0.39 is 0 Å². The molecule has 1 heterocycles. The molecule has 1 saturated heterocycles. The smallest absolute Gasteiger partial charge is 0.124 e. The van der Waals surface area contributed by atoms with Gasteiger partial charge in [-0.15, -0.1) is 0 Å². The number of rotatable bonds is 5. The highest BCUT2D eigenvalue weighted by atomic mass is 16.5. The highest BCUT2D eigenvalue weighted by Crippen LogP contribution is 2.26. The number of nitrogens with two attached hydrogens (primary N) is 1. The Kier molecular flexibility index (Phi) is 5.44. The van der Waals surface area contributed by atoms with Crippen LogP contribution in [0.2, 0.25) is 0 Å². The van der Waals surface area contributed by atoms with Gasteiger partial charge in [-0.3, -0.25) is 0 Å². The summed E-state index contributed by atoms with van der Waals surface area (Å²) in [6.07, 6.45) is 5.09. The first-order chi connectivity index (χ1) is 9.58. The molecule has 0 amide bonds. The van der Waals surface area contributed by atoms with E-state index in [9.17, 15) is 0 Å². The van der Waals surface area contributed by atoms with E-state index in [0.717, 1.165) is 24.3 Å². The molecule has 0 bridgehead atoms. The summed E-state index contributed by atoms with van der Waals surface area (Å²) in [5.74, 6) is 0.948. The molecule has 1 aromatic rings. The maximum absolute atomic E-state index is 6.03. The Balaban J connectivity index is 1.90. The van der Waals surface area contributed by atoms with Gasteiger partial charge in [0.15, 0.2) is 0 Å². The van der Waals surface area contributed by atoms with Gasteiger partial charge in [0, 0.05) is 17.6 Å². The number of benzene rings is 1. The minimum atomic E-state index is 0.0160. The van der Waals surface area contributed by atoms with E-state index in [4.69, 9.17) is 10.5 Å². The Hall–Kier alpha value is -1.06. The van der Waals surface area contributed by atoms with Gasteiger partial charge in [0.25, 0.3) is 0 Å². The number of aryl methyl sites for hydroxylation is 1. The van der Waals surface area contributed by atoms with Crippen molar-refractivity contribution in [3.8, 4) is 5.75 Å². The average Bonchev–Trinajstić information content (AvgIpc) is 2.42. The van der Waals surface area contributed by atoms with Crippen molar-refractivity contribution in [2.45, 2.75) is 51.6 Å². The fourth-order valence-corrected chi connectivity index (χ4v) is 2.97. The lowest BCUT2D eigenvalue weighted by atomic mass is 10.0. The Morgan fingerprint density at radius 3 is 2.90 bits per heavy atom. The maximum atomic E-state index is 6.03. The molecule has 2 N–H and O–H groups in total. The Morgan fingerprint density at radius 1 is 1.40 bits per heavy atom. The molecular weight excluding hydrogens is 248 g/mol. The van der Waals surface area contributed by atoms with Gasteiger partial charge >= 0.3 is 0 Å². The van der Waals surface area contributed by atoms with Gasteiger partial charge in [-0.2, -0.15) is 0 Å². The molecule has 0 aromatic heterocycles. The van der Waals surface area contributed by atoms with Crippen LogP contribution < -0.4 is 10.5 Å². The van der Waals surface area contributed by atoms with E-state index in [2.05, 4.69) is 37.1 Å². The number of hydrogen-bond acceptors (Lipinski definition) is 3. The topological polar surface area (TPSA) is 38.5 Å². The third-order valence-electron chi connectivity index (χ3n) is 4.29. The zero-order valence-corrected chi connectivity index (χ0v) is 13.1. The number of nitrogens with zero attached hydrogens (tertiary/aromatic N) is 1. The third kappa shape index (κ3) is 3.97. The normalized spacial score (nSPS) is 21.7. The Labute approximate surface area is 123 Å². The molecule has 0 radical (unpaired) electrons. The van der Waals surface area contributed by atoms with Crippen molar-refractivity contribution in [2.24, 2.45) is 5.73 Å². The van der Waals surface area contributed by atoms with Crippen LogP contribution in [0.1, 0.15) is 49.8 Å². The average molecular weight is 276 g/mol. The second-order valence-electron chi connectivity index (χ2n) is 6.10. The van der Waals surface area contributed by atoms with Crippen LogP contribution in [0.3, 0.4) is 0 Å². The van der Waals surface area contributed by atoms with Gasteiger partial charge in [-0.1, -0.05) is 24.1 Å². The number of hydrogen-bond donors (Lipinski definition) is 1. The maximum Gasteiger partial charge on any atom is 0.124 e. The van der Waals surface area contributed by atoms with E-state index >= 15 is 0 Å². The van der Waals surface area contributed by atoms with Crippen molar-refractivity contribution in [1.82, 2.24) is 4.90 Å². The molecular formula is C17H28N2O. The van der Waals surface area contributed by atoms with Crippen LogP contribution in [0.4, 0.5) is 0 Å². The fraction of sp³-hybridized carbons (Fsp3) is 0.647. The van der Waals surface area contributed by atoms with Gasteiger partial charge in [0.2, 0.25) is 0 Å². The molecule has 1 aliphatic rings. The van der Waals surface area contributed by atoms with Crippen molar-refractivity contribution in [3.05, 3.63) is 29.3 Å². The number of likely N-dealkylation sites (tertiary alicyclic amines) is 1. The van der Waals surface area contributed by atoms with Gasteiger partial charge in [-0.25, -0.2) is 0 Å². The third-order valence-corrected chi connectivity index (χ3v) is 4.29. The van der Waals surface area contributed by atoms with Gasteiger partial charge in [0.05, 0.1) is 6.61 Å². The molecule has 112 valence electrons. The van der Waals surface area contributed by atoms with Crippen LogP contribution in [-0.4, -0.2) is 31.1 Å². The highest BCUT2D eigenvalue weighted by molar-refractivity contribution is 5.38. The van der Waals surface area contributed by atoms with E-state index in [0.29, 0.717) is 6.04 Å². The standard InChI is InChI=1S/C17H28N2O/c1-13-7-8-17(16(12-13)14(2)18)20-11-9-15-6-4-5-10-19(15)3/h7-8,12,14-15H,4-6,9-11,18H2,1-3H3. The molecule has 20 heavy (non-hydrogen) atoms. The van der Waals surface area contributed by atoms with Gasteiger partial charge in [0.1, 0.15) is 5.75 Å². The molecule has 3 nitrogen and oxygen atoms in total. The van der Waals surface area contributed by atoms with Crippen molar-refractivity contribution >= 4 is 0 Å². The van der Waals surface area contributed by atoms with Crippen LogP contribution in [0.25, 0.3) is 0 Å². The summed E-state index contributed by atoms with van der Waals surface area (Å²) in [6.45, 7) is 6.10. The number of ether oxygens (including phenoxy) is 1. The highest BCUT2D eigenvalue weighted by Gasteiger charge is 2.18. The van der Waals surface area contributed by atoms with Crippen LogP contribution in [0.5, 0.6) is 5.75 Å². The summed E-state index contributed by atoms with van der Waals surface area (Å²) in [5, 5.41) is 0. The summed E-state index contributed by atoms with van der Waals surface area (Å²) in [5.41, 5.74) is 8.38. The second kappa shape index (κ2) is 7.09. The number of piperidine rings is 1. The summed E-state index contributed by atoms with van der Waals surface area (Å²) in [7, 11) is 2.23. The van der Waals surface area contributed by atoms with E-state index in [1.165, 1.54) is 31.4 Å². The quantitative estimate of drug-likeness (QED) is 0.897.